The van der Waals surface area contributed by atoms with Crippen molar-refractivity contribution in [2.45, 2.75) is 33.1 Å². The maximum atomic E-state index is 12.3. The number of nitrogens with zero attached hydrogens (tertiary/aromatic N) is 1. The molecule has 1 aliphatic heterocycles. The van der Waals surface area contributed by atoms with Gasteiger partial charge in [0.25, 0.3) is 5.91 Å². The number of nitrogens with one attached hydrogen (secondary N) is 1. The van der Waals surface area contributed by atoms with Crippen molar-refractivity contribution in [3.63, 3.8) is 0 Å². The van der Waals surface area contributed by atoms with E-state index in [0.717, 1.165) is 18.6 Å². The SMILES string of the molecule is CCc1nc(C)c(C(=O)NC[C@@H]2CCOc3ccccc3C2)o1. The summed E-state index contributed by atoms with van der Waals surface area (Å²) in [4.78, 5) is 16.5. The first kappa shape index (κ1) is 15.6. The fourth-order valence-electron chi connectivity index (χ4n) is 2.87. The molecule has 0 saturated carbocycles. The van der Waals surface area contributed by atoms with Crippen molar-refractivity contribution in [1.29, 1.82) is 0 Å². The van der Waals surface area contributed by atoms with Gasteiger partial charge >= 0.3 is 0 Å². The van der Waals surface area contributed by atoms with E-state index in [1.54, 1.807) is 6.92 Å². The number of carbonyl (C=O) groups is 1. The molecular formula is C18H22N2O3. The van der Waals surface area contributed by atoms with Gasteiger partial charge in [0.2, 0.25) is 5.76 Å². The molecule has 23 heavy (non-hydrogen) atoms. The maximum Gasteiger partial charge on any atom is 0.289 e. The van der Waals surface area contributed by atoms with Crippen LogP contribution in [0.25, 0.3) is 0 Å². The van der Waals surface area contributed by atoms with Crippen LogP contribution in [0.5, 0.6) is 5.75 Å². The summed E-state index contributed by atoms with van der Waals surface area (Å²) in [6.07, 6.45) is 2.52. The van der Waals surface area contributed by atoms with Crippen LogP contribution in [0.15, 0.2) is 28.7 Å². The van der Waals surface area contributed by atoms with Gasteiger partial charge in [0, 0.05) is 13.0 Å². The number of aryl methyl sites for hydroxylation is 2. The van der Waals surface area contributed by atoms with Crippen molar-refractivity contribution in [2.75, 3.05) is 13.2 Å². The molecule has 0 unspecified atom stereocenters. The first-order chi connectivity index (χ1) is 11.2. The van der Waals surface area contributed by atoms with E-state index in [9.17, 15) is 4.79 Å². The Morgan fingerprint density at radius 2 is 2.22 bits per heavy atom. The van der Waals surface area contributed by atoms with Gasteiger partial charge in [-0.05, 0) is 37.3 Å². The molecule has 3 rings (SSSR count). The number of oxazole rings is 1. The lowest BCUT2D eigenvalue weighted by Gasteiger charge is -2.14. The second kappa shape index (κ2) is 6.86. The van der Waals surface area contributed by atoms with E-state index in [0.29, 0.717) is 42.8 Å². The van der Waals surface area contributed by atoms with Gasteiger partial charge in [0.1, 0.15) is 5.75 Å². The topological polar surface area (TPSA) is 64.4 Å². The van der Waals surface area contributed by atoms with Gasteiger partial charge in [0.15, 0.2) is 5.89 Å². The van der Waals surface area contributed by atoms with Gasteiger partial charge in [-0.3, -0.25) is 4.79 Å². The molecule has 0 saturated heterocycles. The molecule has 0 fully saturated rings. The molecule has 1 aromatic heterocycles. The number of carbonyl (C=O) groups excluding carboxylic acids is 1. The summed E-state index contributed by atoms with van der Waals surface area (Å²) < 4.78 is 11.3. The van der Waals surface area contributed by atoms with Crippen LogP contribution in [0.3, 0.4) is 0 Å². The van der Waals surface area contributed by atoms with E-state index in [1.807, 2.05) is 25.1 Å². The van der Waals surface area contributed by atoms with E-state index < -0.39 is 0 Å². The van der Waals surface area contributed by atoms with Crippen LogP contribution in [-0.4, -0.2) is 24.0 Å². The normalized spacial score (nSPS) is 17.0. The average molecular weight is 314 g/mol. The number of amides is 1. The molecule has 1 N–H and O–H groups in total. The summed E-state index contributed by atoms with van der Waals surface area (Å²) in [6, 6.07) is 8.09. The predicted octanol–water partition coefficient (Wildman–Crippen LogP) is 2.92. The summed E-state index contributed by atoms with van der Waals surface area (Å²) in [5.41, 5.74) is 1.85. The van der Waals surface area contributed by atoms with Crippen molar-refractivity contribution >= 4 is 5.91 Å². The smallest absolute Gasteiger partial charge is 0.289 e. The van der Waals surface area contributed by atoms with Crippen molar-refractivity contribution in [1.82, 2.24) is 10.3 Å². The molecule has 2 heterocycles. The molecule has 1 amide bonds. The first-order valence-electron chi connectivity index (χ1n) is 8.12. The number of benzene rings is 1. The van der Waals surface area contributed by atoms with Crippen LogP contribution in [-0.2, 0) is 12.8 Å². The van der Waals surface area contributed by atoms with Crippen LogP contribution in [0.1, 0.15) is 41.0 Å². The summed E-state index contributed by atoms with van der Waals surface area (Å²) in [6.45, 7) is 5.04. The van der Waals surface area contributed by atoms with Gasteiger partial charge < -0.3 is 14.5 Å². The minimum Gasteiger partial charge on any atom is -0.493 e. The highest BCUT2D eigenvalue weighted by Crippen LogP contribution is 2.26. The summed E-state index contributed by atoms with van der Waals surface area (Å²) in [7, 11) is 0. The third kappa shape index (κ3) is 3.55. The van der Waals surface area contributed by atoms with E-state index in [-0.39, 0.29) is 5.91 Å². The Morgan fingerprint density at radius 3 is 3.00 bits per heavy atom. The molecule has 5 nitrogen and oxygen atoms in total. The zero-order chi connectivity index (χ0) is 16.2. The lowest BCUT2D eigenvalue weighted by molar-refractivity contribution is 0.0915. The maximum absolute atomic E-state index is 12.3. The fraction of sp³-hybridized carbons (Fsp3) is 0.444. The minimum atomic E-state index is -0.187. The standard InChI is InChI=1S/C18H22N2O3/c1-3-16-20-12(2)17(23-16)18(21)19-11-13-8-9-22-15-7-5-4-6-14(15)10-13/h4-7,13H,3,8-11H2,1-2H3,(H,19,21)/t13-/m1/s1. The molecule has 0 bridgehead atoms. The van der Waals surface area contributed by atoms with E-state index in [1.165, 1.54) is 5.56 Å². The molecule has 1 atom stereocenters. The molecule has 1 aromatic carbocycles. The minimum absolute atomic E-state index is 0.187. The second-order valence-corrected chi connectivity index (χ2v) is 5.90. The van der Waals surface area contributed by atoms with Gasteiger partial charge in [0.05, 0.1) is 12.3 Å². The van der Waals surface area contributed by atoms with Crippen LogP contribution in [0, 0.1) is 12.8 Å². The van der Waals surface area contributed by atoms with Gasteiger partial charge in [-0.2, -0.15) is 0 Å². The summed E-state index contributed by atoms with van der Waals surface area (Å²) in [5, 5.41) is 2.98. The Bertz CT molecular complexity index is 693. The Kier molecular flexibility index (Phi) is 4.65. The van der Waals surface area contributed by atoms with Crippen LogP contribution in [0.2, 0.25) is 0 Å². The largest absolute Gasteiger partial charge is 0.493 e. The van der Waals surface area contributed by atoms with E-state index in [4.69, 9.17) is 9.15 Å². The molecule has 2 aromatic rings. The number of hydrogen-bond acceptors (Lipinski definition) is 4. The molecule has 5 heteroatoms. The number of fused-ring (bicyclic) bond motifs is 1. The highest BCUT2D eigenvalue weighted by molar-refractivity contribution is 5.92. The van der Waals surface area contributed by atoms with Gasteiger partial charge in [-0.25, -0.2) is 4.98 Å². The van der Waals surface area contributed by atoms with E-state index in [2.05, 4.69) is 16.4 Å². The zero-order valence-electron chi connectivity index (χ0n) is 13.6. The molecule has 122 valence electrons. The molecule has 0 aliphatic carbocycles. The molecule has 0 radical (unpaired) electrons. The highest BCUT2D eigenvalue weighted by atomic mass is 16.5. The highest BCUT2D eigenvalue weighted by Gasteiger charge is 2.21. The number of ether oxygens (including phenoxy) is 1. The number of para-hydroxylation sites is 1. The lowest BCUT2D eigenvalue weighted by Crippen LogP contribution is -2.30. The molecular weight excluding hydrogens is 292 g/mol. The quantitative estimate of drug-likeness (QED) is 0.942. The molecule has 1 aliphatic rings. The lowest BCUT2D eigenvalue weighted by atomic mass is 9.97. The Hall–Kier alpha value is -2.30. The predicted molar refractivity (Wildman–Crippen MR) is 86.7 cm³/mol. The monoisotopic (exact) mass is 314 g/mol. The van der Waals surface area contributed by atoms with Crippen LogP contribution < -0.4 is 10.1 Å². The Morgan fingerprint density at radius 1 is 1.39 bits per heavy atom. The van der Waals surface area contributed by atoms with Crippen LogP contribution in [0.4, 0.5) is 0 Å². The van der Waals surface area contributed by atoms with Gasteiger partial charge in [-0.1, -0.05) is 25.1 Å². The van der Waals surface area contributed by atoms with Crippen molar-refractivity contribution in [3.8, 4) is 5.75 Å². The number of aromatic nitrogens is 1. The Balaban J connectivity index is 1.61. The van der Waals surface area contributed by atoms with Crippen LogP contribution >= 0.6 is 0 Å². The molecule has 0 spiro atoms. The average Bonchev–Trinajstić information content (AvgIpc) is 2.82. The summed E-state index contributed by atoms with van der Waals surface area (Å²) in [5.74, 6) is 2.06. The fourth-order valence-corrected chi connectivity index (χ4v) is 2.87. The van der Waals surface area contributed by atoms with Gasteiger partial charge in [-0.15, -0.1) is 0 Å². The number of hydrogen-bond donors (Lipinski definition) is 1. The Labute approximate surface area is 136 Å². The van der Waals surface area contributed by atoms with Crippen molar-refractivity contribution in [2.24, 2.45) is 5.92 Å². The second-order valence-electron chi connectivity index (χ2n) is 5.90. The third-order valence-corrected chi connectivity index (χ3v) is 4.17. The zero-order valence-corrected chi connectivity index (χ0v) is 13.6. The third-order valence-electron chi connectivity index (χ3n) is 4.17. The first-order valence-corrected chi connectivity index (χ1v) is 8.12. The van der Waals surface area contributed by atoms with Crippen molar-refractivity contribution < 1.29 is 13.9 Å². The number of rotatable bonds is 4. The van der Waals surface area contributed by atoms with E-state index >= 15 is 0 Å². The van der Waals surface area contributed by atoms with Crippen molar-refractivity contribution in [3.05, 3.63) is 47.2 Å². The summed E-state index contributed by atoms with van der Waals surface area (Å²) >= 11 is 0.